The quantitative estimate of drug-likeness (QED) is 0.164. The van der Waals surface area contributed by atoms with Crippen LogP contribution in [0.5, 0.6) is 0 Å². The van der Waals surface area contributed by atoms with Crippen molar-refractivity contribution in [3.8, 4) is 0 Å². The van der Waals surface area contributed by atoms with Crippen LogP contribution in [0.4, 0.5) is 0 Å². The largest absolute Gasteiger partial charge is 2.00 e. The maximum absolute atomic E-state index is 13.5. The zero-order valence-electron chi connectivity index (χ0n) is 26.2. The summed E-state index contributed by atoms with van der Waals surface area (Å²) in [5, 5.41) is 9.48. The number of esters is 1. The van der Waals surface area contributed by atoms with Crippen LogP contribution in [0.1, 0.15) is 82.9 Å². The number of methoxy groups -OCH3 is 1. The molecule has 0 fully saturated rings. The number of ether oxygens (including phenoxy) is 1. The van der Waals surface area contributed by atoms with Crippen molar-refractivity contribution in [2.45, 2.75) is 47.0 Å². The molecule has 5 rings (SSSR count). The van der Waals surface area contributed by atoms with Gasteiger partial charge in [0, 0.05) is 28.7 Å². The first-order valence-electron chi connectivity index (χ1n) is 14.2. The second kappa shape index (κ2) is 13.2. The van der Waals surface area contributed by atoms with Gasteiger partial charge in [0.05, 0.1) is 12.7 Å². The van der Waals surface area contributed by atoms with Crippen molar-refractivity contribution < 1.29 is 34.2 Å². The van der Waals surface area contributed by atoms with Crippen molar-refractivity contribution in [3.63, 3.8) is 0 Å². The van der Waals surface area contributed by atoms with Crippen LogP contribution < -0.4 is 19.9 Å². The fourth-order valence-corrected chi connectivity index (χ4v) is 5.81. The molecule has 3 aromatic heterocycles. The molecule has 2 aliphatic heterocycles. The molecule has 0 aliphatic carbocycles. The Kier molecular flexibility index (Phi) is 9.79. The first-order valence-corrected chi connectivity index (χ1v) is 14.2. The van der Waals surface area contributed by atoms with Crippen LogP contribution in [-0.4, -0.2) is 53.0 Å². The molecular weight excluding hydrogens is 581 g/mol. The summed E-state index contributed by atoms with van der Waals surface area (Å²) in [6.45, 7) is 15.8. The number of aromatic nitrogens is 4. The molecular formula is C35H34MgN4O5+2. The van der Waals surface area contributed by atoms with Crippen LogP contribution in [0.15, 0.2) is 43.5 Å². The van der Waals surface area contributed by atoms with E-state index in [0.717, 1.165) is 61.5 Å². The van der Waals surface area contributed by atoms with E-state index in [4.69, 9.17) is 14.7 Å². The summed E-state index contributed by atoms with van der Waals surface area (Å²) in [6.07, 6.45) is 3.31. The van der Waals surface area contributed by atoms with Crippen molar-refractivity contribution in [3.05, 3.63) is 88.5 Å². The van der Waals surface area contributed by atoms with E-state index >= 15 is 0 Å². The Morgan fingerprint density at radius 1 is 0.822 bits per heavy atom. The van der Waals surface area contributed by atoms with Gasteiger partial charge in [-0.3, -0.25) is 14.4 Å². The summed E-state index contributed by atoms with van der Waals surface area (Å²) in [5.74, 6) is -1.99. The van der Waals surface area contributed by atoms with Crippen LogP contribution in [0.3, 0.4) is 0 Å². The van der Waals surface area contributed by atoms with Crippen LogP contribution in [-0.2, 0) is 14.3 Å². The average molecular weight is 615 g/mol. The molecule has 3 N–H and O–H groups in total. The number of carboxylic acids is 1. The summed E-state index contributed by atoms with van der Waals surface area (Å²) in [7, 11) is 1.24. The molecule has 224 valence electrons. The Bertz CT molecular complexity index is 2030. The molecule has 0 radical (unpaired) electrons. The number of nitrogens with one attached hydrogen (secondary N) is 2. The zero-order chi connectivity index (χ0) is 31.9. The number of allylic oxidation sites excluding steroid dienone is 5. The number of hydrogen-bond donors (Lipinski definition) is 1. The Hall–Kier alpha value is -4.54. The molecule has 0 aromatic carbocycles. The van der Waals surface area contributed by atoms with E-state index < -0.39 is 24.1 Å². The van der Waals surface area contributed by atoms with Gasteiger partial charge < -0.3 is 19.8 Å². The molecule has 0 saturated heterocycles. The number of aliphatic carboxylic acids is 1. The Morgan fingerprint density at radius 2 is 1.40 bits per heavy atom. The molecule has 0 unspecified atom stereocenters. The van der Waals surface area contributed by atoms with Crippen molar-refractivity contribution >= 4 is 91.2 Å². The molecule has 0 spiro atoms. The minimum atomic E-state index is -0.920. The van der Waals surface area contributed by atoms with Crippen LogP contribution >= 0.6 is 0 Å². The number of H-pyrrole nitrogens is 2. The minimum absolute atomic E-state index is 0. The van der Waals surface area contributed by atoms with Gasteiger partial charge in [0.25, 0.3) is 0 Å². The number of aryl methyl sites for hydroxylation is 2. The van der Waals surface area contributed by atoms with Gasteiger partial charge in [-0.05, 0) is 63.9 Å². The number of hydrogen-bond acceptors (Lipinski definition) is 4. The van der Waals surface area contributed by atoms with E-state index in [2.05, 4.69) is 23.1 Å². The molecule has 9 nitrogen and oxygen atoms in total. The molecule has 8 bridgehead atoms. The van der Waals surface area contributed by atoms with E-state index in [-0.39, 0.29) is 35.9 Å². The van der Waals surface area contributed by atoms with Gasteiger partial charge in [0.1, 0.15) is 6.42 Å². The number of fused-ring (bicyclic) bond motifs is 8. The Balaban J connectivity index is 0.00000461. The first kappa shape index (κ1) is 33.4. The van der Waals surface area contributed by atoms with Crippen molar-refractivity contribution in [2.24, 2.45) is 0 Å². The van der Waals surface area contributed by atoms with E-state index in [1.54, 1.807) is 25.1 Å². The fourth-order valence-electron chi connectivity index (χ4n) is 5.81. The van der Waals surface area contributed by atoms with Crippen molar-refractivity contribution in [1.82, 2.24) is 9.97 Å². The smallest absolute Gasteiger partial charge is 0.657 e. The number of ketones is 1. The number of carboxylic acid groups (broad SMARTS) is 1. The molecule has 0 saturated carbocycles. The summed E-state index contributed by atoms with van der Waals surface area (Å²) < 4.78 is 4.77. The Labute approximate surface area is 277 Å². The van der Waals surface area contributed by atoms with Gasteiger partial charge in [-0.25, -0.2) is 9.97 Å². The average Bonchev–Trinajstić information content (AvgIpc) is 3.64. The molecule has 0 atom stereocenters. The third kappa shape index (κ3) is 6.20. The van der Waals surface area contributed by atoms with Crippen molar-refractivity contribution in [2.75, 3.05) is 7.11 Å². The number of carbonyl (C=O) groups is 3. The summed E-state index contributed by atoms with van der Waals surface area (Å²) in [4.78, 5) is 53.9. The minimum Gasteiger partial charge on any atom is -0.657 e. The SMILES string of the molecule is C=CC1=C(C)c2cc3[n-]c(cc4[nH+]c(cc5[n-]c(cc1[nH+]2)c(C)c5C(=O)CC(=O)OC)C(CCC(=O)O)=C4C)c(C)c3C=C.[Mg+2]. The van der Waals surface area contributed by atoms with Gasteiger partial charge in [0.15, 0.2) is 5.78 Å². The van der Waals surface area contributed by atoms with Gasteiger partial charge in [-0.2, -0.15) is 0 Å². The predicted molar refractivity (Wildman–Crippen MR) is 175 cm³/mol. The summed E-state index contributed by atoms with van der Waals surface area (Å²) in [6, 6.07) is 7.54. The van der Waals surface area contributed by atoms with Crippen molar-refractivity contribution in [1.29, 1.82) is 0 Å². The van der Waals surface area contributed by atoms with E-state index in [1.807, 2.05) is 39.0 Å². The topological polar surface area (TPSA) is 137 Å². The summed E-state index contributed by atoms with van der Waals surface area (Å²) >= 11 is 0. The van der Waals surface area contributed by atoms with Gasteiger partial charge >= 0.3 is 35.0 Å². The van der Waals surface area contributed by atoms with E-state index in [9.17, 15) is 19.5 Å². The molecule has 10 heteroatoms. The monoisotopic (exact) mass is 614 g/mol. The molecule has 5 heterocycles. The Morgan fingerprint density at radius 3 is 2.04 bits per heavy atom. The van der Waals surface area contributed by atoms with Gasteiger partial charge in [0.2, 0.25) is 22.8 Å². The third-order valence-corrected chi connectivity index (χ3v) is 8.31. The van der Waals surface area contributed by atoms with E-state index in [1.165, 1.54) is 7.11 Å². The van der Waals surface area contributed by atoms with Gasteiger partial charge in [-0.1, -0.05) is 36.4 Å². The second-order valence-corrected chi connectivity index (χ2v) is 10.9. The van der Waals surface area contributed by atoms with Gasteiger partial charge in [-0.15, -0.1) is 22.1 Å². The van der Waals surface area contributed by atoms with Crippen LogP contribution in [0.25, 0.3) is 50.4 Å². The maximum atomic E-state index is 13.5. The van der Waals surface area contributed by atoms with Crippen LogP contribution in [0.2, 0.25) is 0 Å². The number of aromatic amines is 2. The normalized spacial score (nSPS) is 12.6. The fraction of sp³-hybridized carbons (Fsp3) is 0.229. The molecule has 45 heavy (non-hydrogen) atoms. The molecule has 3 aromatic rings. The number of rotatable bonds is 8. The third-order valence-electron chi connectivity index (χ3n) is 8.31. The second-order valence-electron chi connectivity index (χ2n) is 10.9. The standard InChI is InChI=1S/C35H34N4O5.Mg/c1-8-21-17(3)24-12-25-19(5)23(10-11-33(41)42)30(38-25)15-31-35(32(40)16-34(43)44-7)20(6)27(39-31)14-29-22(9-2)18(4)26(37-29)13-28(21)36-24;/h8-9,12-15H,1-2,10-11,16H2,3-7H3,(H3,36,37,38,39,40,41,42);/q;+2. The molecule has 0 amide bonds. The van der Waals surface area contributed by atoms with E-state index in [0.29, 0.717) is 27.9 Å². The number of nitrogens with zero attached hydrogens (tertiary/aromatic N) is 2. The zero-order valence-corrected chi connectivity index (χ0v) is 27.6. The molecule has 2 aliphatic rings. The predicted octanol–water partition coefficient (Wildman–Crippen LogP) is 4.95. The number of carbonyl (C=O) groups excluding carboxylic acids is 2. The maximum Gasteiger partial charge on any atom is 2.00 e. The number of Topliss-reactive ketones (excluding diaryl/α,β-unsaturated/α-hetero) is 1. The van der Waals surface area contributed by atoms with Crippen LogP contribution in [0, 0.1) is 13.8 Å². The summed E-state index contributed by atoms with van der Waals surface area (Å²) in [5.41, 5.74) is 11.7. The first-order chi connectivity index (χ1) is 21.0.